The summed E-state index contributed by atoms with van der Waals surface area (Å²) in [7, 11) is 0. The second kappa shape index (κ2) is 6.17. The molecule has 21 heavy (non-hydrogen) atoms. The molecule has 1 fully saturated rings. The molecule has 0 aliphatic carbocycles. The lowest BCUT2D eigenvalue weighted by molar-refractivity contribution is -0.142. The molecule has 1 saturated heterocycles. The van der Waals surface area contributed by atoms with E-state index in [4.69, 9.17) is 9.84 Å². The van der Waals surface area contributed by atoms with Crippen molar-refractivity contribution in [2.24, 2.45) is 5.92 Å². The van der Waals surface area contributed by atoms with Crippen molar-refractivity contribution in [3.63, 3.8) is 0 Å². The second-order valence-electron chi connectivity index (χ2n) is 4.80. The number of hydrogen-bond donors (Lipinski definition) is 1. The molecule has 1 N–H and O–H groups in total. The minimum absolute atomic E-state index is 0.0152. The Hall–Kier alpha value is -2.02. The molecule has 0 spiro atoms. The molecule has 1 amide bonds. The quantitative estimate of drug-likeness (QED) is 0.915. The highest BCUT2D eigenvalue weighted by Gasteiger charge is 2.39. The zero-order valence-electron chi connectivity index (χ0n) is 11.4. The summed E-state index contributed by atoms with van der Waals surface area (Å²) in [5, 5.41) is 9.13. The predicted molar refractivity (Wildman–Crippen MR) is 68.8 cm³/mol. The lowest BCUT2D eigenvalue weighted by Crippen LogP contribution is -2.46. The van der Waals surface area contributed by atoms with E-state index in [1.54, 1.807) is 6.92 Å². The van der Waals surface area contributed by atoms with Crippen LogP contribution >= 0.6 is 0 Å². The Morgan fingerprint density at radius 2 is 1.90 bits per heavy atom. The van der Waals surface area contributed by atoms with Crippen LogP contribution in [0.5, 0.6) is 0 Å². The van der Waals surface area contributed by atoms with E-state index in [2.05, 4.69) is 0 Å². The third kappa shape index (κ3) is 3.18. The Labute approximate surface area is 120 Å². The number of nitrogens with zero attached hydrogens (tertiary/aromatic N) is 1. The number of carbonyl (C=O) groups is 2. The lowest BCUT2D eigenvalue weighted by Gasteiger charge is -2.29. The maximum Gasteiger partial charge on any atom is 0.311 e. The average molecular weight is 299 g/mol. The predicted octanol–water partition coefficient (Wildman–Crippen LogP) is 1.53. The Balaban J connectivity index is 2.28. The van der Waals surface area contributed by atoms with Crippen LogP contribution in [0.3, 0.4) is 0 Å². The Bertz CT molecular complexity index is 544. The van der Waals surface area contributed by atoms with E-state index < -0.39 is 35.5 Å². The van der Waals surface area contributed by atoms with E-state index in [0.29, 0.717) is 6.07 Å². The molecule has 1 aromatic rings. The maximum absolute atomic E-state index is 13.2. The minimum atomic E-state index is -1.06. The molecule has 2 unspecified atom stereocenters. The topological polar surface area (TPSA) is 66.8 Å². The number of ether oxygens (including phenoxy) is 1. The molecule has 114 valence electrons. The van der Waals surface area contributed by atoms with Crippen LogP contribution in [0.15, 0.2) is 18.2 Å². The first-order valence-corrected chi connectivity index (χ1v) is 6.51. The fourth-order valence-electron chi connectivity index (χ4n) is 2.46. The van der Waals surface area contributed by atoms with Crippen molar-refractivity contribution in [3.05, 3.63) is 35.4 Å². The van der Waals surface area contributed by atoms with Crippen molar-refractivity contribution >= 4 is 11.9 Å². The Kier molecular flexibility index (Phi) is 4.52. The van der Waals surface area contributed by atoms with E-state index in [9.17, 15) is 18.4 Å². The van der Waals surface area contributed by atoms with Gasteiger partial charge in [-0.15, -0.1) is 0 Å². The second-order valence-corrected chi connectivity index (χ2v) is 4.80. The van der Waals surface area contributed by atoms with E-state index in [-0.39, 0.29) is 25.3 Å². The highest BCUT2D eigenvalue weighted by Crippen LogP contribution is 2.22. The first-order chi connectivity index (χ1) is 9.93. The molecule has 2 rings (SSSR count). The van der Waals surface area contributed by atoms with Gasteiger partial charge in [0.25, 0.3) is 5.91 Å². The van der Waals surface area contributed by atoms with Crippen LogP contribution < -0.4 is 0 Å². The number of carbonyl (C=O) groups excluding carboxylic acids is 1. The number of carboxylic acids is 1. The lowest BCUT2D eigenvalue weighted by atomic mass is 10.0. The zero-order valence-corrected chi connectivity index (χ0v) is 11.4. The van der Waals surface area contributed by atoms with Crippen LogP contribution in [-0.2, 0) is 9.53 Å². The number of amides is 1. The van der Waals surface area contributed by atoms with Gasteiger partial charge in [-0.1, -0.05) is 0 Å². The van der Waals surface area contributed by atoms with E-state index in [1.807, 2.05) is 0 Å². The van der Waals surface area contributed by atoms with Gasteiger partial charge in [-0.25, -0.2) is 8.78 Å². The highest BCUT2D eigenvalue weighted by molar-refractivity contribution is 5.94. The van der Waals surface area contributed by atoms with Crippen LogP contribution in [-0.4, -0.2) is 47.7 Å². The molecule has 1 aliphatic heterocycles. The van der Waals surface area contributed by atoms with Gasteiger partial charge >= 0.3 is 5.97 Å². The number of likely N-dealkylation sites (N-methyl/N-ethyl adjacent to an activating group) is 1. The van der Waals surface area contributed by atoms with Gasteiger partial charge in [-0.2, -0.15) is 0 Å². The summed E-state index contributed by atoms with van der Waals surface area (Å²) in [5.41, 5.74) is -0.148. The molecular weight excluding hydrogens is 284 g/mol. The van der Waals surface area contributed by atoms with Gasteiger partial charge in [0.1, 0.15) is 17.6 Å². The largest absolute Gasteiger partial charge is 0.481 e. The van der Waals surface area contributed by atoms with Gasteiger partial charge in [-0.3, -0.25) is 9.59 Å². The van der Waals surface area contributed by atoms with Crippen molar-refractivity contribution in [1.82, 2.24) is 4.90 Å². The first-order valence-electron chi connectivity index (χ1n) is 6.51. The number of hydrogen-bond acceptors (Lipinski definition) is 3. The maximum atomic E-state index is 13.2. The van der Waals surface area contributed by atoms with Gasteiger partial charge in [-0.05, 0) is 19.1 Å². The smallest absolute Gasteiger partial charge is 0.311 e. The summed E-state index contributed by atoms with van der Waals surface area (Å²) in [4.78, 5) is 24.8. The Morgan fingerprint density at radius 3 is 2.43 bits per heavy atom. The number of halogens is 2. The summed E-state index contributed by atoms with van der Waals surface area (Å²) >= 11 is 0. The van der Waals surface area contributed by atoms with Crippen LogP contribution in [0.2, 0.25) is 0 Å². The summed E-state index contributed by atoms with van der Waals surface area (Å²) in [5.74, 6) is -4.22. The Morgan fingerprint density at radius 1 is 1.29 bits per heavy atom. The number of benzene rings is 1. The SMILES string of the molecule is CCN(C(=O)c1cc(F)cc(F)c1)C1COCC1C(=O)O. The third-order valence-corrected chi connectivity index (χ3v) is 3.48. The minimum Gasteiger partial charge on any atom is -0.481 e. The molecular formula is C14H15F2NO4. The monoisotopic (exact) mass is 299 g/mol. The number of rotatable bonds is 4. The molecule has 1 heterocycles. The average Bonchev–Trinajstić information content (AvgIpc) is 2.87. The standard InChI is InChI=1S/C14H15F2NO4/c1-2-17(12-7-21-6-11(12)14(19)20)13(18)8-3-9(15)5-10(16)4-8/h3-5,11-12H,2,6-7H2,1H3,(H,19,20). The van der Waals surface area contributed by atoms with Gasteiger partial charge in [0, 0.05) is 18.2 Å². The summed E-state index contributed by atoms with van der Waals surface area (Å²) in [6.45, 7) is 2.00. The summed E-state index contributed by atoms with van der Waals surface area (Å²) in [6.07, 6.45) is 0. The normalized spacial score (nSPS) is 21.3. The van der Waals surface area contributed by atoms with Gasteiger partial charge in [0.05, 0.1) is 19.3 Å². The molecule has 0 radical (unpaired) electrons. The van der Waals surface area contributed by atoms with Crippen molar-refractivity contribution < 1.29 is 28.2 Å². The van der Waals surface area contributed by atoms with E-state index >= 15 is 0 Å². The zero-order chi connectivity index (χ0) is 15.6. The number of carboxylic acid groups (broad SMARTS) is 1. The van der Waals surface area contributed by atoms with Crippen molar-refractivity contribution in [2.75, 3.05) is 19.8 Å². The fourth-order valence-corrected chi connectivity index (χ4v) is 2.46. The molecule has 0 saturated carbocycles. The van der Waals surface area contributed by atoms with Crippen LogP contribution in [0.4, 0.5) is 8.78 Å². The molecule has 7 heteroatoms. The molecule has 5 nitrogen and oxygen atoms in total. The molecule has 2 atom stereocenters. The van der Waals surface area contributed by atoms with E-state index in [0.717, 1.165) is 12.1 Å². The van der Waals surface area contributed by atoms with Crippen molar-refractivity contribution in [3.8, 4) is 0 Å². The first kappa shape index (κ1) is 15.4. The number of aliphatic carboxylic acids is 1. The van der Waals surface area contributed by atoms with Crippen LogP contribution in [0.25, 0.3) is 0 Å². The molecule has 0 bridgehead atoms. The van der Waals surface area contributed by atoms with Gasteiger partial charge in [0.2, 0.25) is 0 Å². The highest BCUT2D eigenvalue weighted by atomic mass is 19.1. The fraction of sp³-hybridized carbons (Fsp3) is 0.429. The van der Waals surface area contributed by atoms with Crippen LogP contribution in [0, 0.1) is 17.6 Å². The summed E-state index contributed by atoms with van der Waals surface area (Å²) < 4.78 is 31.5. The van der Waals surface area contributed by atoms with Gasteiger partial charge in [0.15, 0.2) is 0 Å². The van der Waals surface area contributed by atoms with Crippen molar-refractivity contribution in [1.29, 1.82) is 0 Å². The van der Waals surface area contributed by atoms with Gasteiger partial charge < -0.3 is 14.7 Å². The summed E-state index contributed by atoms with van der Waals surface area (Å²) in [6, 6.07) is 1.89. The molecule has 0 aromatic heterocycles. The molecule has 1 aliphatic rings. The van der Waals surface area contributed by atoms with Crippen molar-refractivity contribution in [2.45, 2.75) is 13.0 Å². The third-order valence-electron chi connectivity index (χ3n) is 3.48. The molecule has 1 aromatic carbocycles. The van der Waals surface area contributed by atoms with E-state index in [1.165, 1.54) is 4.90 Å². The van der Waals surface area contributed by atoms with Crippen LogP contribution in [0.1, 0.15) is 17.3 Å².